The number of amides is 2. The Morgan fingerprint density at radius 2 is 1.83 bits per heavy atom. The number of hydrogen-bond acceptors (Lipinski definition) is 4. The molecule has 132 valence electrons. The number of anilines is 1. The predicted molar refractivity (Wildman–Crippen MR) is 94.1 cm³/mol. The average molecular weight is 333 g/mol. The molecule has 1 aliphatic heterocycles. The highest BCUT2D eigenvalue weighted by Gasteiger charge is 2.23. The van der Waals surface area contributed by atoms with Crippen LogP contribution in [0.15, 0.2) is 24.3 Å². The molecular formula is C18H27N3O3. The molecule has 0 aliphatic carbocycles. The van der Waals surface area contributed by atoms with Crippen molar-refractivity contribution in [2.75, 3.05) is 31.6 Å². The maximum absolute atomic E-state index is 12.0. The van der Waals surface area contributed by atoms with Crippen molar-refractivity contribution >= 4 is 17.7 Å². The summed E-state index contributed by atoms with van der Waals surface area (Å²) in [5, 5.41) is 6.16. The molecule has 6 heteroatoms. The van der Waals surface area contributed by atoms with Crippen LogP contribution in [-0.4, -0.2) is 49.2 Å². The lowest BCUT2D eigenvalue weighted by molar-refractivity contribution is -0.115. The third-order valence-electron chi connectivity index (χ3n) is 4.22. The van der Waals surface area contributed by atoms with E-state index in [0.29, 0.717) is 19.7 Å². The van der Waals surface area contributed by atoms with Crippen molar-refractivity contribution in [2.45, 2.75) is 39.2 Å². The van der Waals surface area contributed by atoms with Crippen LogP contribution in [0.4, 0.5) is 10.5 Å². The lowest BCUT2D eigenvalue weighted by Crippen LogP contribution is -2.46. The summed E-state index contributed by atoms with van der Waals surface area (Å²) in [6.45, 7) is 5.91. The van der Waals surface area contributed by atoms with Crippen LogP contribution in [-0.2, 0) is 16.0 Å². The van der Waals surface area contributed by atoms with Crippen LogP contribution in [0.1, 0.15) is 32.3 Å². The first kappa shape index (κ1) is 18.3. The highest BCUT2D eigenvalue weighted by Crippen LogP contribution is 2.12. The predicted octanol–water partition coefficient (Wildman–Crippen LogP) is 2.40. The summed E-state index contributed by atoms with van der Waals surface area (Å²) in [6, 6.07) is 8.15. The molecule has 24 heavy (non-hydrogen) atoms. The molecular weight excluding hydrogens is 306 g/mol. The van der Waals surface area contributed by atoms with Gasteiger partial charge in [0.15, 0.2) is 0 Å². The van der Waals surface area contributed by atoms with E-state index in [4.69, 9.17) is 4.74 Å². The topological polar surface area (TPSA) is 70.7 Å². The van der Waals surface area contributed by atoms with E-state index in [0.717, 1.165) is 24.9 Å². The molecule has 1 aliphatic rings. The SMILES string of the molecule is CCOC(=O)N1CCC(NCC(=O)Nc2ccc(CC)cc2)CC1. The van der Waals surface area contributed by atoms with Gasteiger partial charge < -0.3 is 20.3 Å². The molecule has 0 atom stereocenters. The third-order valence-corrected chi connectivity index (χ3v) is 4.22. The van der Waals surface area contributed by atoms with Crippen LogP contribution in [0.25, 0.3) is 0 Å². The van der Waals surface area contributed by atoms with Crippen LogP contribution < -0.4 is 10.6 Å². The molecule has 0 aromatic heterocycles. The van der Waals surface area contributed by atoms with Gasteiger partial charge in [-0.05, 0) is 43.9 Å². The van der Waals surface area contributed by atoms with Crippen molar-refractivity contribution in [2.24, 2.45) is 0 Å². The molecule has 1 heterocycles. The molecule has 2 N–H and O–H groups in total. The summed E-state index contributed by atoms with van der Waals surface area (Å²) in [6.07, 6.45) is 2.40. The number of piperidine rings is 1. The highest BCUT2D eigenvalue weighted by molar-refractivity contribution is 5.92. The fraction of sp³-hybridized carbons (Fsp3) is 0.556. The Hall–Kier alpha value is -2.08. The molecule has 0 spiro atoms. The van der Waals surface area contributed by atoms with E-state index >= 15 is 0 Å². The van der Waals surface area contributed by atoms with E-state index < -0.39 is 0 Å². The molecule has 1 fully saturated rings. The molecule has 0 unspecified atom stereocenters. The number of carbonyl (C=O) groups excluding carboxylic acids is 2. The van der Waals surface area contributed by atoms with Crippen molar-refractivity contribution in [3.63, 3.8) is 0 Å². The zero-order valence-corrected chi connectivity index (χ0v) is 14.5. The second kappa shape index (κ2) is 9.27. The minimum atomic E-state index is -0.246. The Kier molecular flexibility index (Phi) is 7.06. The van der Waals surface area contributed by atoms with Crippen molar-refractivity contribution in [3.8, 4) is 0 Å². The maximum atomic E-state index is 12.0. The first-order chi connectivity index (χ1) is 11.6. The van der Waals surface area contributed by atoms with Gasteiger partial charge in [-0.25, -0.2) is 4.79 Å². The summed E-state index contributed by atoms with van der Waals surface area (Å²) >= 11 is 0. The first-order valence-electron chi connectivity index (χ1n) is 8.66. The third kappa shape index (κ3) is 5.53. The van der Waals surface area contributed by atoms with E-state index in [-0.39, 0.29) is 24.6 Å². The van der Waals surface area contributed by atoms with E-state index in [1.165, 1.54) is 5.56 Å². The van der Waals surface area contributed by atoms with E-state index in [9.17, 15) is 9.59 Å². The fourth-order valence-corrected chi connectivity index (χ4v) is 2.75. The Morgan fingerprint density at radius 1 is 1.17 bits per heavy atom. The maximum Gasteiger partial charge on any atom is 0.409 e. The van der Waals surface area contributed by atoms with Gasteiger partial charge in [0.1, 0.15) is 0 Å². The summed E-state index contributed by atoms with van der Waals surface area (Å²) in [7, 11) is 0. The number of nitrogens with zero attached hydrogens (tertiary/aromatic N) is 1. The number of rotatable bonds is 6. The molecule has 6 nitrogen and oxygen atoms in total. The lowest BCUT2D eigenvalue weighted by Gasteiger charge is -2.31. The van der Waals surface area contributed by atoms with Gasteiger partial charge in [-0.2, -0.15) is 0 Å². The Balaban J connectivity index is 1.68. The normalized spacial score (nSPS) is 15.2. The smallest absolute Gasteiger partial charge is 0.409 e. The quantitative estimate of drug-likeness (QED) is 0.839. The van der Waals surface area contributed by atoms with Crippen molar-refractivity contribution in [1.29, 1.82) is 0 Å². The van der Waals surface area contributed by atoms with Gasteiger partial charge in [0, 0.05) is 24.8 Å². The summed E-state index contributed by atoms with van der Waals surface area (Å²) in [4.78, 5) is 25.4. The van der Waals surface area contributed by atoms with Gasteiger partial charge in [0.25, 0.3) is 0 Å². The van der Waals surface area contributed by atoms with Gasteiger partial charge in [-0.1, -0.05) is 19.1 Å². The Morgan fingerprint density at radius 3 is 2.42 bits per heavy atom. The second-order valence-electron chi connectivity index (χ2n) is 5.94. The molecule has 0 saturated carbocycles. The molecule has 2 amide bonds. The zero-order valence-electron chi connectivity index (χ0n) is 14.5. The molecule has 1 saturated heterocycles. The number of ether oxygens (including phenoxy) is 1. The summed E-state index contributed by atoms with van der Waals surface area (Å²) in [5.74, 6) is -0.0490. The van der Waals surface area contributed by atoms with Gasteiger partial charge >= 0.3 is 6.09 Å². The second-order valence-corrected chi connectivity index (χ2v) is 5.94. The number of aryl methyl sites for hydroxylation is 1. The minimum Gasteiger partial charge on any atom is -0.450 e. The number of likely N-dealkylation sites (tertiary alicyclic amines) is 1. The first-order valence-corrected chi connectivity index (χ1v) is 8.66. The highest BCUT2D eigenvalue weighted by atomic mass is 16.6. The number of nitrogens with one attached hydrogen (secondary N) is 2. The number of carbonyl (C=O) groups is 2. The average Bonchev–Trinajstić information content (AvgIpc) is 2.61. The Bertz CT molecular complexity index is 537. The van der Waals surface area contributed by atoms with E-state index in [1.807, 2.05) is 24.3 Å². The molecule has 0 bridgehead atoms. The summed E-state index contributed by atoms with van der Waals surface area (Å²) < 4.78 is 5.00. The van der Waals surface area contributed by atoms with Gasteiger partial charge in [-0.3, -0.25) is 4.79 Å². The van der Waals surface area contributed by atoms with Crippen LogP contribution >= 0.6 is 0 Å². The van der Waals surface area contributed by atoms with Gasteiger partial charge in [0.2, 0.25) is 5.91 Å². The van der Waals surface area contributed by atoms with Crippen molar-refractivity contribution in [1.82, 2.24) is 10.2 Å². The summed E-state index contributed by atoms with van der Waals surface area (Å²) in [5.41, 5.74) is 2.07. The lowest BCUT2D eigenvalue weighted by atomic mass is 10.1. The fourth-order valence-electron chi connectivity index (χ4n) is 2.75. The molecule has 1 aromatic rings. The van der Waals surface area contributed by atoms with Crippen LogP contribution in [0.5, 0.6) is 0 Å². The molecule has 0 radical (unpaired) electrons. The number of hydrogen-bond donors (Lipinski definition) is 2. The zero-order chi connectivity index (χ0) is 17.4. The van der Waals surface area contributed by atoms with Gasteiger partial charge in [0.05, 0.1) is 13.2 Å². The van der Waals surface area contributed by atoms with Crippen molar-refractivity contribution < 1.29 is 14.3 Å². The number of benzene rings is 1. The van der Waals surface area contributed by atoms with E-state index in [1.54, 1.807) is 11.8 Å². The Labute approximate surface area is 143 Å². The van der Waals surface area contributed by atoms with E-state index in [2.05, 4.69) is 17.6 Å². The molecule has 1 aromatic carbocycles. The monoisotopic (exact) mass is 333 g/mol. The van der Waals surface area contributed by atoms with Crippen LogP contribution in [0.2, 0.25) is 0 Å². The standard InChI is InChI=1S/C18H27N3O3/c1-3-14-5-7-16(8-6-14)20-17(22)13-19-15-9-11-21(12-10-15)18(23)24-4-2/h5-8,15,19H,3-4,9-13H2,1-2H3,(H,20,22). The van der Waals surface area contributed by atoms with Gasteiger partial charge in [-0.15, -0.1) is 0 Å². The van der Waals surface area contributed by atoms with Crippen LogP contribution in [0, 0.1) is 0 Å². The van der Waals surface area contributed by atoms with Crippen LogP contribution in [0.3, 0.4) is 0 Å². The molecule has 2 rings (SSSR count). The van der Waals surface area contributed by atoms with Crippen molar-refractivity contribution in [3.05, 3.63) is 29.8 Å². The largest absolute Gasteiger partial charge is 0.450 e. The minimum absolute atomic E-state index is 0.0490.